The molecule has 176 valence electrons. The normalized spacial score (nSPS) is 25.0. The smallest absolute Gasteiger partial charge is 0.329 e. The zero-order valence-corrected chi connectivity index (χ0v) is 18.6. The average Bonchev–Trinajstić information content (AvgIpc) is 3.10. The third-order valence-electron chi connectivity index (χ3n) is 6.56. The van der Waals surface area contributed by atoms with E-state index in [2.05, 4.69) is 5.32 Å². The predicted molar refractivity (Wildman–Crippen MR) is 115 cm³/mol. The number of carbonyl (C=O) groups is 5. The summed E-state index contributed by atoms with van der Waals surface area (Å²) in [5.41, 5.74) is 0.459. The number of nitrogens with zero attached hydrogens (tertiary/aromatic N) is 2. The highest BCUT2D eigenvalue weighted by atomic mass is 16.5. The molecule has 2 aliphatic heterocycles. The molecule has 3 aliphatic rings. The van der Waals surface area contributed by atoms with Crippen LogP contribution in [0.3, 0.4) is 0 Å². The van der Waals surface area contributed by atoms with Crippen molar-refractivity contribution in [2.75, 3.05) is 25.1 Å². The minimum absolute atomic E-state index is 0.0465. The molecule has 0 bridgehead atoms. The molecule has 1 aliphatic carbocycles. The fourth-order valence-electron chi connectivity index (χ4n) is 4.77. The van der Waals surface area contributed by atoms with Gasteiger partial charge in [0.25, 0.3) is 11.8 Å². The molecule has 4 rings (SSSR count). The first-order valence-electron chi connectivity index (χ1n) is 11.1. The van der Waals surface area contributed by atoms with Crippen LogP contribution in [-0.2, 0) is 28.7 Å². The maximum Gasteiger partial charge on any atom is 0.329 e. The van der Waals surface area contributed by atoms with Crippen LogP contribution in [0.5, 0.6) is 5.75 Å². The zero-order chi connectivity index (χ0) is 23.7. The molecular weight excluding hydrogens is 430 g/mol. The van der Waals surface area contributed by atoms with Gasteiger partial charge in [-0.25, -0.2) is 4.79 Å². The second kappa shape index (κ2) is 9.21. The van der Waals surface area contributed by atoms with Crippen molar-refractivity contribution in [1.82, 2.24) is 10.2 Å². The minimum Gasteiger partial charge on any atom is -0.477 e. The van der Waals surface area contributed by atoms with E-state index in [4.69, 9.17) is 9.47 Å². The molecule has 10 heteroatoms. The maximum absolute atomic E-state index is 12.9. The molecule has 2 fully saturated rings. The SMILES string of the molecule is CNC(=O)C1CN(C(=O)COC(=O)[C@H](C)N2C(=O)C3CCCCC3C2=O)c2ccccc2O1. The van der Waals surface area contributed by atoms with Crippen molar-refractivity contribution in [2.45, 2.75) is 44.8 Å². The quantitative estimate of drug-likeness (QED) is 0.508. The van der Waals surface area contributed by atoms with Gasteiger partial charge in [0.2, 0.25) is 11.8 Å². The fourth-order valence-corrected chi connectivity index (χ4v) is 4.77. The van der Waals surface area contributed by atoms with Crippen LogP contribution in [0.1, 0.15) is 32.6 Å². The van der Waals surface area contributed by atoms with Gasteiger partial charge >= 0.3 is 5.97 Å². The number of para-hydroxylation sites is 2. The predicted octanol–water partition coefficient (Wildman–Crippen LogP) is 0.634. The number of likely N-dealkylation sites (N-methyl/N-ethyl adjacent to an activating group) is 1. The summed E-state index contributed by atoms with van der Waals surface area (Å²) < 4.78 is 10.9. The number of anilines is 1. The van der Waals surface area contributed by atoms with Crippen LogP contribution in [0, 0.1) is 11.8 Å². The van der Waals surface area contributed by atoms with Crippen molar-refractivity contribution in [1.29, 1.82) is 0 Å². The molecule has 2 heterocycles. The van der Waals surface area contributed by atoms with E-state index in [0.717, 1.165) is 17.7 Å². The highest BCUT2D eigenvalue weighted by Gasteiger charge is 2.51. The number of hydrogen-bond donors (Lipinski definition) is 1. The Bertz CT molecular complexity index is 970. The lowest BCUT2D eigenvalue weighted by Gasteiger charge is -2.34. The first-order chi connectivity index (χ1) is 15.8. The van der Waals surface area contributed by atoms with E-state index in [9.17, 15) is 24.0 Å². The monoisotopic (exact) mass is 457 g/mol. The van der Waals surface area contributed by atoms with Crippen molar-refractivity contribution < 1.29 is 33.4 Å². The first kappa shape index (κ1) is 22.8. The number of fused-ring (bicyclic) bond motifs is 2. The summed E-state index contributed by atoms with van der Waals surface area (Å²) in [6.07, 6.45) is 2.16. The van der Waals surface area contributed by atoms with Gasteiger partial charge in [0, 0.05) is 7.05 Å². The third-order valence-corrected chi connectivity index (χ3v) is 6.56. The van der Waals surface area contributed by atoms with Gasteiger partial charge in [-0.05, 0) is 31.9 Å². The van der Waals surface area contributed by atoms with Crippen molar-refractivity contribution in [2.24, 2.45) is 11.8 Å². The molecule has 10 nitrogen and oxygen atoms in total. The molecule has 3 unspecified atom stereocenters. The molecule has 1 aromatic rings. The number of nitrogens with one attached hydrogen (secondary N) is 1. The maximum atomic E-state index is 12.9. The Morgan fingerprint density at radius 3 is 2.39 bits per heavy atom. The Morgan fingerprint density at radius 2 is 1.76 bits per heavy atom. The van der Waals surface area contributed by atoms with E-state index in [1.807, 2.05) is 0 Å². The van der Waals surface area contributed by atoms with Crippen molar-refractivity contribution in [3.63, 3.8) is 0 Å². The van der Waals surface area contributed by atoms with E-state index in [1.165, 1.54) is 18.9 Å². The number of esters is 1. The lowest BCUT2D eigenvalue weighted by molar-refractivity contribution is -0.159. The number of rotatable bonds is 5. The van der Waals surface area contributed by atoms with E-state index >= 15 is 0 Å². The van der Waals surface area contributed by atoms with E-state index in [0.29, 0.717) is 24.3 Å². The van der Waals surface area contributed by atoms with Gasteiger partial charge in [-0.2, -0.15) is 0 Å². The van der Waals surface area contributed by atoms with Gasteiger partial charge in [0.05, 0.1) is 24.1 Å². The van der Waals surface area contributed by atoms with E-state index in [-0.39, 0.29) is 36.1 Å². The molecule has 33 heavy (non-hydrogen) atoms. The van der Waals surface area contributed by atoms with Gasteiger partial charge in [-0.3, -0.25) is 24.1 Å². The highest BCUT2D eigenvalue weighted by Crippen LogP contribution is 2.39. The zero-order valence-electron chi connectivity index (χ0n) is 18.6. The number of amides is 4. The lowest BCUT2D eigenvalue weighted by atomic mass is 9.81. The molecule has 4 atom stereocenters. The molecule has 4 amide bonds. The number of likely N-dealkylation sites (tertiary alicyclic amines) is 1. The summed E-state index contributed by atoms with van der Waals surface area (Å²) in [4.78, 5) is 65.4. The third kappa shape index (κ3) is 4.17. The number of ether oxygens (including phenoxy) is 2. The molecule has 1 saturated heterocycles. The second-order valence-corrected chi connectivity index (χ2v) is 8.52. The molecule has 0 aromatic heterocycles. The van der Waals surface area contributed by atoms with Crippen LogP contribution in [0.4, 0.5) is 5.69 Å². The van der Waals surface area contributed by atoms with Gasteiger partial charge in [0.15, 0.2) is 12.7 Å². The number of carbonyl (C=O) groups excluding carboxylic acids is 5. The number of imide groups is 1. The lowest BCUT2D eigenvalue weighted by Crippen LogP contribution is -2.51. The van der Waals surface area contributed by atoms with Gasteiger partial charge in [-0.1, -0.05) is 25.0 Å². The van der Waals surface area contributed by atoms with Crippen LogP contribution >= 0.6 is 0 Å². The Kier molecular flexibility index (Phi) is 6.35. The molecule has 1 aromatic carbocycles. The summed E-state index contributed by atoms with van der Waals surface area (Å²) in [6, 6.07) is 5.64. The van der Waals surface area contributed by atoms with Crippen molar-refractivity contribution >= 4 is 35.3 Å². The Balaban J connectivity index is 1.42. The van der Waals surface area contributed by atoms with Gasteiger partial charge in [0.1, 0.15) is 11.8 Å². The standard InChI is InChI=1S/C23H27N3O7/c1-13(26-21(29)14-7-3-4-8-15(14)22(26)30)23(31)32-12-19(27)25-11-18(20(28)24-2)33-17-10-6-5-9-16(17)25/h5-6,9-10,13-15,18H,3-4,7-8,11-12H2,1-2H3,(H,24,28)/t13-,14?,15?,18?/m0/s1. The van der Waals surface area contributed by atoms with Crippen LogP contribution in [0.15, 0.2) is 24.3 Å². The second-order valence-electron chi connectivity index (χ2n) is 8.52. The van der Waals surface area contributed by atoms with Crippen LogP contribution in [-0.4, -0.2) is 66.8 Å². The van der Waals surface area contributed by atoms with Crippen LogP contribution in [0.2, 0.25) is 0 Å². The summed E-state index contributed by atoms with van der Waals surface area (Å²) in [5, 5.41) is 2.49. The number of hydrogen-bond acceptors (Lipinski definition) is 7. The summed E-state index contributed by atoms with van der Waals surface area (Å²) in [6.45, 7) is 0.793. The molecular formula is C23H27N3O7. The topological polar surface area (TPSA) is 122 Å². The Hall–Kier alpha value is -3.43. The molecule has 1 saturated carbocycles. The molecule has 0 spiro atoms. The van der Waals surface area contributed by atoms with Gasteiger partial charge in [-0.15, -0.1) is 0 Å². The Labute approximate surface area is 191 Å². The van der Waals surface area contributed by atoms with Gasteiger partial charge < -0.3 is 19.7 Å². The number of benzene rings is 1. The van der Waals surface area contributed by atoms with Crippen molar-refractivity contribution in [3.05, 3.63) is 24.3 Å². The largest absolute Gasteiger partial charge is 0.477 e. The minimum atomic E-state index is -1.11. The summed E-state index contributed by atoms with van der Waals surface area (Å²) in [5.74, 6) is -2.81. The summed E-state index contributed by atoms with van der Waals surface area (Å²) in [7, 11) is 1.47. The molecule has 0 radical (unpaired) electrons. The first-order valence-corrected chi connectivity index (χ1v) is 11.1. The van der Waals surface area contributed by atoms with Crippen LogP contribution in [0.25, 0.3) is 0 Å². The molecule has 1 N–H and O–H groups in total. The highest BCUT2D eigenvalue weighted by molar-refractivity contribution is 6.08. The fraction of sp³-hybridized carbons (Fsp3) is 0.522. The Morgan fingerprint density at radius 1 is 1.12 bits per heavy atom. The van der Waals surface area contributed by atoms with E-state index in [1.54, 1.807) is 24.3 Å². The average molecular weight is 457 g/mol. The summed E-state index contributed by atoms with van der Waals surface area (Å²) >= 11 is 0. The van der Waals surface area contributed by atoms with E-state index < -0.39 is 30.6 Å². The van der Waals surface area contributed by atoms with Crippen molar-refractivity contribution in [3.8, 4) is 5.75 Å². The van der Waals surface area contributed by atoms with Crippen LogP contribution < -0.4 is 15.0 Å².